The van der Waals surface area contributed by atoms with E-state index in [1.165, 1.54) is 31.4 Å². The third-order valence-electron chi connectivity index (χ3n) is 3.93. The summed E-state index contributed by atoms with van der Waals surface area (Å²) in [7, 11) is -2.43. The van der Waals surface area contributed by atoms with Gasteiger partial charge in [0.05, 0.1) is 18.0 Å². The van der Waals surface area contributed by atoms with Crippen molar-refractivity contribution in [1.29, 1.82) is 0 Å². The molecule has 0 heterocycles. The van der Waals surface area contributed by atoms with Crippen molar-refractivity contribution in [3.8, 4) is 0 Å². The maximum absolute atomic E-state index is 12.7. The van der Waals surface area contributed by atoms with Gasteiger partial charge in [0.25, 0.3) is 22.4 Å². The molecule has 0 unspecified atom stereocenters. The maximum Gasteiger partial charge on any atom is 0.261 e. The van der Waals surface area contributed by atoms with E-state index in [9.17, 15) is 22.0 Å². The summed E-state index contributed by atoms with van der Waals surface area (Å²) < 4.78 is 57.7. The van der Waals surface area contributed by atoms with Crippen molar-refractivity contribution in [2.45, 2.75) is 18.2 Å². The van der Waals surface area contributed by atoms with Gasteiger partial charge in [-0.15, -0.1) is 0 Å². The number of carbonyl (C=O) groups excluding carboxylic acids is 1. The molecule has 2 aromatic rings. The second-order valence-corrected chi connectivity index (χ2v) is 7.81. The van der Waals surface area contributed by atoms with Gasteiger partial charge in [0, 0.05) is 24.9 Å². The predicted molar refractivity (Wildman–Crippen MR) is 102 cm³/mol. The zero-order chi connectivity index (χ0) is 20.7. The number of sulfonamides is 1. The van der Waals surface area contributed by atoms with Gasteiger partial charge in [-0.05, 0) is 43.3 Å². The van der Waals surface area contributed by atoms with Gasteiger partial charge in [0.2, 0.25) is 0 Å². The lowest BCUT2D eigenvalue weighted by Gasteiger charge is -2.22. The minimum Gasteiger partial charge on any atom is -0.383 e. The highest BCUT2D eigenvalue weighted by Gasteiger charge is 2.21. The first kappa shape index (κ1) is 21.8. The molecule has 0 bridgehead atoms. The molecule has 0 saturated carbocycles. The Labute approximate surface area is 163 Å². The molecule has 9 heteroatoms. The highest BCUT2D eigenvalue weighted by molar-refractivity contribution is 7.92. The van der Waals surface area contributed by atoms with Crippen LogP contribution in [-0.4, -0.2) is 52.5 Å². The summed E-state index contributed by atoms with van der Waals surface area (Å²) in [5.74, 6) is -0.618. The number of hydrogen-bond donors (Lipinski definition) is 1. The molecule has 0 radical (unpaired) electrons. The Morgan fingerprint density at radius 1 is 1.11 bits per heavy atom. The number of benzene rings is 2. The van der Waals surface area contributed by atoms with Gasteiger partial charge in [0.15, 0.2) is 0 Å². The van der Waals surface area contributed by atoms with E-state index in [-0.39, 0.29) is 23.6 Å². The van der Waals surface area contributed by atoms with Crippen LogP contribution in [-0.2, 0) is 14.8 Å². The Balaban J connectivity index is 2.16. The van der Waals surface area contributed by atoms with Crippen LogP contribution in [0.25, 0.3) is 0 Å². The summed E-state index contributed by atoms with van der Waals surface area (Å²) >= 11 is 0. The van der Waals surface area contributed by atoms with Crippen LogP contribution in [0, 0.1) is 6.92 Å². The fourth-order valence-corrected chi connectivity index (χ4v) is 3.50. The van der Waals surface area contributed by atoms with Gasteiger partial charge in [-0.3, -0.25) is 9.52 Å². The number of rotatable bonds is 9. The Kier molecular flexibility index (Phi) is 7.47. The fraction of sp³-hybridized carbons (Fsp3) is 0.316. The van der Waals surface area contributed by atoms with Crippen LogP contribution >= 0.6 is 0 Å². The zero-order valence-electron chi connectivity index (χ0n) is 15.6. The van der Waals surface area contributed by atoms with E-state index < -0.39 is 28.9 Å². The minimum absolute atomic E-state index is 0.00863. The Morgan fingerprint density at radius 3 is 2.25 bits per heavy atom. The molecule has 28 heavy (non-hydrogen) atoms. The lowest BCUT2D eigenvalue weighted by Crippen LogP contribution is -2.37. The summed E-state index contributed by atoms with van der Waals surface area (Å²) in [6, 6.07) is 12.0. The predicted octanol–water partition coefficient (Wildman–Crippen LogP) is 3.15. The largest absolute Gasteiger partial charge is 0.383 e. The van der Waals surface area contributed by atoms with Crippen molar-refractivity contribution in [2.75, 3.05) is 31.5 Å². The number of nitrogens with one attached hydrogen (secondary N) is 1. The average Bonchev–Trinajstić information content (AvgIpc) is 2.66. The van der Waals surface area contributed by atoms with E-state index in [1.807, 2.05) is 6.92 Å². The number of amides is 1. The normalized spacial score (nSPS) is 11.5. The SMILES string of the molecule is COCCN(CC(F)F)C(=O)c1ccc(S(=O)(=O)Nc2ccc(C)cc2)cc1. The first-order valence-electron chi connectivity index (χ1n) is 8.49. The molecule has 0 aliphatic carbocycles. The smallest absolute Gasteiger partial charge is 0.261 e. The number of halogens is 2. The molecular weight excluding hydrogens is 390 g/mol. The summed E-state index contributed by atoms with van der Waals surface area (Å²) in [5.41, 5.74) is 1.52. The van der Waals surface area contributed by atoms with Crippen molar-refractivity contribution in [3.63, 3.8) is 0 Å². The maximum atomic E-state index is 12.7. The van der Waals surface area contributed by atoms with E-state index >= 15 is 0 Å². The number of aryl methyl sites for hydroxylation is 1. The van der Waals surface area contributed by atoms with E-state index in [0.29, 0.717) is 5.69 Å². The third kappa shape index (κ3) is 6.00. The fourth-order valence-electron chi connectivity index (χ4n) is 2.44. The van der Waals surface area contributed by atoms with Crippen LogP contribution in [0.5, 0.6) is 0 Å². The monoisotopic (exact) mass is 412 g/mol. The van der Waals surface area contributed by atoms with Crippen LogP contribution in [0.1, 0.15) is 15.9 Å². The van der Waals surface area contributed by atoms with E-state index in [4.69, 9.17) is 4.74 Å². The number of methoxy groups -OCH3 is 1. The summed E-state index contributed by atoms with van der Waals surface area (Å²) in [6.45, 7) is 1.29. The first-order chi connectivity index (χ1) is 13.2. The number of hydrogen-bond acceptors (Lipinski definition) is 4. The number of carbonyl (C=O) groups is 1. The molecule has 0 fully saturated rings. The zero-order valence-corrected chi connectivity index (χ0v) is 16.4. The second-order valence-electron chi connectivity index (χ2n) is 6.13. The minimum atomic E-state index is -3.84. The van der Waals surface area contributed by atoms with E-state index in [0.717, 1.165) is 10.5 Å². The molecule has 2 rings (SSSR count). The van der Waals surface area contributed by atoms with Crippen molar-refractivity contribution in [1.82, 2.24) is 4.90 Å². The summed E-state index contributed by atoms with van der Waals surface area (Å²) in [4.78, 5) is 13.4. The van der Waals surface area contributed by atoms with Crippen LogP contribution in [0.15, 0.2) is 53.4 Å². The lowest BCUT2D eigenvalue weighted by atomic mass is 10.2. The highest BCUT2D eigenvalue weighted by Crippen LogP contribution is 2.18. The van der Waals surface area contributed by atoms with Crippen molar-refractivity contribution >= 4 is 21.6 Å². The lowest BCUT2D eigenvalue weighted by molar-refractivity contribution is 0.0478. The number of nitrogens with zero attached hydrogens (tertiary/aromatic N) is 1. The highest BCUT2D eigenvalue weighted by atomic mass is 32.2. The standard InChI is InChI=1S/C19H22F2N2O4S/c1-14-3-7-16(8-4-14)22-28(25,26)17-9-5-15(6-10-17)19(24)23(11-12-27-2)13-18(20)21/h3-10,18,22H,11-13H2,1-2H3. The number of ether oxygens (including phenoxy) is 1. The Bertz CT molecular complexity index is 885. The molecule has 1 amide bonds. The van der Waals surface area contributed by atoms with Crippen LogP contribution < -0.4 is 4.72 Å². The molecular formula is C19H22F2N2O4S. The molecule has 1 N–H and O–H groups in total. The molecule has 0 atom stereocenters. The van der Waals surface area contributed by atoms with Crippen molar-refractivity contribution in [2.24, 2.45) is 0 Å². The molecule has 0 aliphatic rings. The summed E-state index contributed by atoms with van der Waals surface area (Å²) in [6.07, 6.45) is -2.68. The molecule has 0 saturated heterocycles. The van der Waals surface area contributed by atoms with Crippen LogP contribution in [0.2, 0.25) is 0 Å². The van der Waals surface area contributed by atoms with Gasteiger partial charge in [0.1, 0.15) is 0 Å². The van der Waals surface area contributed by atoms with Gasteiger partial charge in [-0.2, -0.15) is 0 Å². The molecule has 152 valence electrons. The van der Waals surface area contributed by atoms with E-state index in [1.54, 1.807) is 24.3 Å². The molecule has 6 nitrogen and oxygen atoms in total. The first-order valence-corrected chi connectivity index (χ1v) is 9.97. The molecule has 0 spiro atoms. The molecule has 0 aliphatic heterocycles. The Hall–Kier alpha value is -2.52. The third-order valence-corrected chi connectivity index (χ3v) is 5.32. The van der Waals surface area contributed by atoms with Gasteiger partial charge >= 0.3 is 0 Å². The van der Waals surface area contributed by atoms with Gasteiger partial charge in [-0.1, -0.05) is 17.7 Å². The number of alkyl halides is 2. The van der Waals surface area contributed by atoms with Gasteiger partial charge in [-0.25, -0.2) is 17.2 Å². The van der Waals surface area contributed by atoms with Crippen LogP contribution in [0.3, 0.4) is 0 Å². The number of anilines is 1. The topological polar surface area (TPSA) is 75.7 Å². The second kappa shape index (κ2) is 9.61. The van der Waals surface area contributed by atoms with Crippen molar-refractivity contribution in [3.05, 3.63) is 59.7 Å². The van der Waals surface area contributed by atoms with E-state index in [2.05, 4.69) is 4.72 Å². The molecule has 0 aromatic heterocycles. The molecule has 2 aromatic carbocycles. The average molecular weight is 412 g/mol. The van der Waals surface area contributed by atoms with Crippen LogP contribution in [0.4, 0.5) is 14.5 Å². The van der Waals surface area contributed by atoms with Gasteiger partial charge < -0.3 is 9.64 Å². The summed E-state index contributed by atoms with van der Waals surface area (Å²) in [5, 5.41) is 0. The Morgan fingerprint density at radius 2 is 1.71 bits per heavy atom. The quantitative estimate of drug-likeness (QED) is 0.687. The van der Waals surface area contributed by atoms with Crippen molar-refractivity contribution < 1.29 is 26.7 Å².